The van der Waals surface area contributed by atoms with Crippen molar-refractivity contribution in [3.05, 3.63) is 18.0 Å². The smallest absolute Gasteiger partial charge is 0.269 e. The third-order valence-corrected chi connectivity index (χ3v) is 2.93. The number of hydrogen-bond acceptors (Lipinski definition) is 3. The van der Waals surface area contributed by atoms with Crippen LogP contribution in [0, 0.1) is 0 Å². The minimum Gasteiger partial charge on any atom is -0.376 e. The Hall–Kier alpha value is -1.36. The first-order valence-corrected chi connectivity index (χ1v) is 5.59. The standard InChI is InChI=1S/C11H17N3O2/c1-8(10-4-3-7-16-10)13-11(15)9-5-6-12-14(9)2/h5-6,8,10H,3-4,7H2,1-2H3,(H,13,15)/t8-,10-/m0/s1. The number of hydrogen-bond donors (Lipinski definition) is 1. The van der Waals surface area contributed by atoms with Gasteiger partial charge in [-0.3, -0.25) is 9.48 Å². The first kappa shape index (κ1) is 11.1. The van der Waals surface area contributed by atoms with E-state index in [-0.39, 0.29) is 18.1 Å². The molecule has 1 aromatic rings. The highest BCUT2D eigenvalue weighted by Gasteiger charge is 2.24. The molecule has 5 nitrogen and oxygen atoms in total. The van der Waals surface area contributed by atoms with Crippen LogP contribution >= 0.6 is 0 Å². The van der Waals surface area contributed by atoms with Crippen LogP contribution in [0.25, 0.3) is 0 Å². The predicted octanol–water partition coefficient (Wildman–Crippen LogP) is 0.717. The number of carbonyl (C=O) groups excluding carboxylic acids is 1. The lowest BCUT2D eigenvalue weighted by molar-refractivity contribution is 0.0707. The maximum atomic E-state index is 11.9. The van der Waals surface area contributed by atoms with E-state index in [1.54, 1.807) is 24.0 Å². The molecule has 1 aromatic heterocycles. The minimum absolute atomic E-state index is 0.0462. The van der Waals surface area contributed by atoms with Crippen molar-refractivity contribution >= 4 is 5.91 Å². The molecule has 16 heavy (non-hydrogen) atoms. The highest BCUT2D eigenvalue weighted by Crippen LogP contribution is 2.15. The zero-order chi connectivity index (χ0) is 11.5. The molecule has 0 radical (unpaired) electrons. The fourth-order valence-corrected chi connectivity index (χ4v) is 1.97. The summed E-state index contributed by atoms with van der Waals surface area (Å²) in [6, 6.07) is 1.75. The molecule has 1 aliphatic rings. The van der Waals surface area contributed by atoms with E-state index in [2.05, 4.69) is 10.4 Å². The lowest BCUT2D eigenvalue weighted by Gasteiger charge is -2.19. The van der Waals surface area contributed by atoms with Crippen LogP contribution in [0.2, 0.25) is 0 Å². The van der Waals surface area contributed by atoms with E-state index in [1.165, 1.54) is 0 Å². The van der Waals surface area contributed by atoms with Gasteiger partial charge in [0.05, 0.1) is 12.1 Å². The quantitative estimate of drug-likeness (QED) is 0.821. The molecule has 0 spiro atoms. The molecule has 1 N–H and O–H groups in total. The Morgan fingerprint density at radius 3 is 3.12 bits per heavy atom. The molecule has 5 heteroatoms. The van der Waals surface area contributed by atoms with E-state index < -0.39 is 0 Å². The maximum Gasteiger partial charge on any atom is 0.269 e. The Balaban J connectivity index is 1.94. The number of nitrogens with one attached hydrogen (secondary N) is 1. The van der Waals surface area contributed by atoms with Crippen molar-refractivity contribution in [3.63, 3.8) is 0 Å². The van der Waals surface area contributed by atoms with Crippen molar-refractivity contribution in [2.45, 2.75) is 31.9 Å². The second kappa shape index (κ2) is 4.65. The monoisotopic (exact) mass is 223 g/mol. The number of aromatic nitrogens is 2. The van der Waals surface area contributed by atoms with Gasteiger partial charge in [-0.05, 0) is 25.8 Å². The van der Waals surface area contributed by atoms with Crippen molar-refractivity contribution in [2.24, 2.45) is 7.05 Å². The van der Waals surface area contributed by atoms with Gasteiger partial charge in [0.25, 0.3) is 5.91 Å². The highest BCUT2D eigenvalue weighted by molar-refractivity contribution is 5.92. The van der Waals surface area contributed by atoms with Gasteiger partial charge in [-0.2, -0.15) is 5.10 Å². The molecule has 2 rings (SSSR count). The van der Waals surface area contributed by atoms with Gasteiger partial charge in [-0.1, -0.05) is 0 Å². The van der Waals surface area contributed by atoms with Crippen molar-refractivity contribution < 1.29 is 9.53 Å². The number of amides is 1. The molecule has 1 aliphatic heterocycles. The Morgan fingerprint density at radius 1 is 1.75 bits per heavy atom. The van der Waals surface area contributed by atoms with E-state index in [1.807, 2.05) is 6.92 Å². The first-order valence-electron chi connectivity index (χ1n) is 5.59. The lowest BCUT2D eigenvalue weighted by atomic mass is 10.1. The molecule has 88 valence electrons. The number of aryl methyl sites for hydroxylation is 1. The topological polar surface area (TPSA) is 56.2 Å². The van der Waals surface area contributed by atoms with Gasteiger partial charge in [0.1, 0.15) is 5.69 Å². The zero-order valence-corrected chi connectivity index (χ0v) is 9.64. The minimum atomic E-state index is -0.0944. The molecule has 0 aliphatic carbocycles. The third-order valence-electron chi connectivity index (χ3n) is 2.93. The SMILES string of the molecule is C[C@H](NC(=O)c1ccnn1C)[C@@H]1CCCO1. The van der Waals surface area contributed by atoms with Crippen LogP contribution in [0.5, 0.6) is 0 Å². The van der Waals surface area contributed by atoms with E-state index in [9.17, 15) is 4.79 Å². The average Bonchev–Trinajstić information content (AvgIpc) is 2.86. The van der Waals surface area contributed by atoms with Crippen LogP contribution in [0.4, 0.5) is 0 Å². The van der Waals surface area contributed by atoms with Crippen LogP contribution in [0.3, 0.4) is 0 Å². The van der Waals surface area contributed by atoms with Crippen LogP contribution in [-0.2, 0) is 11.8 Å². The summed E-state index contributed by atoms with van der Waals surface area (Å²) in [5.41, 5.74) is 0.574. The van der Waals surface area contributed by atoms with Gasteiger partial charge in [0.2, 0.25) is 0 Å². The second-order valence-electron chi connectivity index (χ2n) is 4.15. The van der Waals surface area contributed by atoms with E-state index in [0.717, 1.165) is 19.4 Å². The zero-order valence-electron chi connectivity index (χ0n) is 9.64. The fourth-order valence-electron chi connectivity index (χ4n) is 1.97. The number of nitrogens with zero attached hydrogens (tertiary/aromatic N) is 2. The second-order valence-corrected chi connectivity index (χ2v) is 4.15. The van der Waals surface area contributed by atoms with Crippen molar-refractivity contribution in [1.29, 1.82) is 0 Å². The van der Waals surface area contributed by atoms with Gasteiger partial charge in [-0.15, -0.1) is 0 Å². The number of carbonyl (C=O) groups is 1. The summed E-state index contributed by atoms with van der Waals surface area (Å²) >= 11 is 0. The Bertz CT molecular complexity index is 369. The molecular weight excluding hydrogens is 206 g/mol. The van der Waals surface area contributed by atoms with Crippen molar-refractivity contribution in [2.75, 3.05) is 6.61 Å². The van der Waals surface area contributed by atoms with Crippen molar-refractivity contribution in [1.82, 2.24) is 15.1 Å². The first-order chi connectivity index (χ1) is 7.68. The molecule has 0 bridgehead atoms. The largest absolute Gasteiger partial charge is 0.376 e. The Morgan fingerprint density at radius 2 is 2.56 bits per heavy atom. The third kappa shape index (κ3) is 2.24. The molecule has 0 aromatic carbocycles. The van der Waals surface area contributed by atoms with Gasteiger partial charge >= 0.3 is 0 Å². The molecule has 1 fully saturated rings. The molecule has 0 saturated carbocycles. The van der Waals surface area contributed by atoms with Crippen LogP contribution < -0.4 is 5.32 Å². The van der Waals surface area contributed by atoms with E-state index >= 15 is 0 Å². The van der Waals surface area contributed by atoms with Crippen LogP contribution in [-0.4, -0.2) is 34.4 Å². The average molecular weight is 223 g/mol. The normalized spacial score (nSPS) is 22.0. The van der Waals surface area contributed by atoms with Gasteiger partial charge in [0, 0.05) is 19.9 Å². The Labute approximate surface area is 94.8 Å². The van der Waals surface area contributed by atoms with Crippen LogP contribution in [0.1, 0.15) is 30.3 Å². The Kier molecular flexibility index (Phi) is 3.24. The van der Waals surface area contributed by atoms with Crippen LogP contribution in [0.15, 0.2) is 12.3 Å². The molecule has 2 heterocycles. The maximum absolute atomic E-state index is 11.9. The molecule has 0 unspecified atom stereocenters. The van der Waals surface area contributed by atoms with Crippen molar-refractivity contribution in [3.8, 4) is 0 Å². The summed E-state index contributed by atoms with van der Waals surface area (Å²) in [6.07, 6.45) is 3.87. The van der Waals surface area contributed by atoms with Gasteiger partial charge in [-0.25, -0.2) is 0 Å². The molecule has 2 atom stereocenters. The van der Waals surface area contributed by atoms with E-state index in [4.69, 9.17) is 4.74 Å². The lowest BCUT2D eigenvalue weighted by Crippen LogP contribution is -2.41. The molecular formula is C11H17N3O2. The summed E-state index contributed by atoms with van der Waals surface area (Å²) in [7, 11) is 1.76. The number of rotatable bonds is 3. The molecule has 1 saturated heterocycles. The predicted molar refractivity (Wildman–Crippen MR) is 59.1 cm³/mol. The summed E-state index contributed by atoms with van der Waals surface area (Å²) in [4.78, 5) is 11.9. The van der Waals surface area contributed by atoms with Gasteiger partial charge < -0.3 is 10.1 Å². The highest BCUT2D eigenvalue weighted by atomic mass is 16.5. The number of ether oxygens (including phenoxy) is 1. The fraction of sp³-hybridized carbons (Fsp3) is 0.636. The summed E-state index contributed by atoms with van der Waals surface area (Å²) < 4.78 is 7.09. The summed E-state index contributed by atoms with van der Waals surface area (Å²) in [5.74, 6) is -0.0944. The summed E-state index contributed by atoms with van der Waals surface area (Å²) in [6.45, 7) is 2.78. The summed E-state index contributed by atoms with van der Waals surface area (Å²) in [5, 5.41) is 6.91. The van der Waals surface area contributed by atoms with Gasteiger partial charge in [0.15, 0.2) is 0 Å². The van der Waals surface area contributed by atoms with E-state index in [0.29, 0.717) is 5.69 Å². The molecule has 1 amide bonds.